The minimum atomic E-state index is -0.270. The van der Waals surface area contributed by atoms with Gasteiger partial charge >= 0.3 is 5.97 Å². The van der Waals surface area contributed by atoms with Crippen LogP contribution in [0.3, 0.4) is 0 Å². The highest BCUT2D eigenvalue weighted by Gasteiger charge is 2.35. The Hall–Kier alpha value is -1.59. The highest BCUT2D eigenvalue weighted by atomic mass is 16.5. The van der Waals surface area contributed by atoms with Crippen LogP contribution in [0.1, 0.15) is 26.2 Å². The van der Waals surface area contributed by atoms with Crippen LogP contribution in [-0.2, 0) is 19.1 Å². The van der Waals surface area contributed by atoms with E-state index in [0.717, 1.165) is 12.8 Å². The van der Waals surface area contributed by atoms with Crippen molar-refractivity contribution in [1.29, 1.82) is 0 Å². The first-order valence-electron chi connectivity index (χ1n) is 6.84. The van der Waals surface area contributed by atoms with Gasteiger partial charge in [-0.25, -0.2) is 0 Å². The second-order valence-electron chi connectivity index (χ2n) is 5.08. The van der Waals surface area contributed by atoms with E-state index in [1.54, 1.807) is 11.8 Å². The first-order chi connectivity index (χ1) is 9.11. The SMILES string of the molecule is CCOC(=O)C1CCCN(C(=O)C2CNC(=O)C2)C1. The zero-order valence-electron chi connectivity index (χ0n) is 11.2. The van der Waals surface area contributed by atoms with E-state index in [1.807, 2.05) is 0 Å². The van der Waals surface area contributed by atoms with Crippen molar-refractivity contribution >= 4 is 17.8 Å². The zero-order chi connectivity index (χ0) is 13.8. The first kappa shape index (κ1) is 13.8. The molecule has 2 amide bonds. The Morgan fingerprint density at radius 3 is 2.84 bits per heavy atom. The zero-order valence-corrected chi connectivity index (χ0v) is 11.2. The van der Waals surface area contributed by atoms with Gasteiger partial charge in [0.2, 0.25) is 11.8 Å². The van der Waals surface area contributed by atoms with E-state index < -0.39 is 0 Å². The number of likely N-dealkylation sites (tertiary alicyclic amines) is 1. The van der Waals surface area contributed by atoms with E-state index in [2.05, 4.69) is 5.32 Å². The summed E-state index contributed by atoms with van der Waals surface area (Å²) in [5.41, 5.74) is 0. The molecule has 2 atom stereocenters. The molecule has 106 valence electrons. The van der Waals surface area contributed by atoms with E-state index in [9.17, 15) is 14.4 Å². The van der Waals surface area contributed by atoms with Gasteiger partial charge in [-0.05, 0) is 19.8 Å². The van der Waals surface area contributed by atoms with Crippen molar-refractivity contribution in [3.05, 3.63) is 0 Å². The van der Waals surface area contributed by atoms with Crippen LogP contribution in [0, 0.1) is 11.8 Å². The molecule has 2 fully saturated rings. The van der Waals surface area contributed by atoms with E-state index in [1.165, 1.54) is 0 Å². The number of ether oxygens (including phenoxy) is 1. The first-order valence-corrected chi connectivity index (χ1v) is 6.84. The summed E-state index contributed by atoms with van der Waals surface area (Å²) in [5.74, 6) is -0.804. The minimum absolute atomic E-state index is 0.0210. The smallest absolute Gasteiger partial charge is 0.310 e. The van der Waals surface area contributed by atoms with Crippen LogP contribution < -0.4 is 5.32 Å². The summed E-state index contributed by atoms with van der Waals surface area (Å²) in [4.78, 5) is 36.8. The van der Waals surface area contributed by atoms with Gasteiger partial charge in [0.1, 0.15) is 0 Å². The molecule has 1 N–H and O–H groups in total. The van der Waals surface area contributed by atoms with Gasteiger partial charge in [0.15, 0.2) is 0 Å². The molecule has 0 aromatic rings. The third-order valence-electron chi connectivity index (χ3n) is 3.68. The Balaban J connectivity index is 1.91. The third-order valence-corrected chi connectivity index (χ3v) is 3.68. The van der Waals surface area contributed by atoms with E-state index in [0.29, 0.717) is 26.2 Å². The van der Waals surface area contributed by atoms with Crippen LogP contribution in [0.5, 0.6) is 0 Å². The summed E-state index contributed by atoms with van der Waals surface area (Å²) in [6.07, 6.45) is 1.84. The van der Waals surface area contributed by atoms with Crippen molar-refractivity contribution in [2.45, 2.75) is 26.2 Å². The highest BCUT2D eigenvalue weighted by Crippen LogP contribution is 2.21. The highest BCUT2D eigenvalue weighted by molar-refractivity contribution is 5.89. The summed E-state index contributed by atoms with van der Waals surface area (Å²) in [7, 11) is 0. The number of piperidine rings is 1. The molecule has 6 heteroatoms. The second-order valence-corrected chi connectivity index (χ2v) is 5.08. The third kappa shape index (κ3) is 3.24. The monoisotopic (exact) mass is 268 g/mol. The van der Waals surface area contributed by atoms with E-state index in [4.69, 9.17) is 4.74 Å². The molecular weight excluding hydrogens is 248 g/mol. The van der Waals surface area contributed by atoms with Gasteiger partial charge in [-0.1, -0.05) is 0 Å². The quantitative estimate of drug-likeness (QED) is 0.727. The molecule has 2 aliphatic heterocycles. The lowest BCUT2D eigenvalue weighted by atomic mass is 9.96. The van der Waals surface area contributed by atoms with Crippen molar-refractivity contribution in [2.24, 2.45) is 11.8 Å². The lowest BCUT2D eigenvalue weighted by molar-refractivity contribution is -0.152. The standard InChI is InChI=1S/C13H20N2O4/c1-2-19-13(18)9-4-3-5-15(8-9)12(17)10-6-11(16)14-7-10/h9-10H,2-8H2,1H3,(H,14,16). The van der Waals surface area contributed by atoms with Crippen LogP contribution in [0.15, 0.2) is 0 Å². The molecule has 0 aromatic heterocycles. The van der Waals surface area contributed by atoms with Gasteiger partial charge in [-0.15, -0.1) is 0 Å². The largest absolute Gasteiger partial charge is 0.466 e. The minimum Gasteiger partial charge on any atom is -0.466 e. The molecule has 19 heavy (non-hydrogen) atoms. The number of carbonyl (C=O) groups is 3. The lowest BCUT2D eigenvalue weighted by Crippen LogP contribution is -2.45. The van der Waals surface area contributed by atoms with Crippen LogP contribution in [-0.4, -0.2) is 48.9 Å². The number of esters is 1. The Kier molecular flexibility index (Phi) is 4.39. The second kappa shape index (κ2) is 6.04. The van der Waals surface area contributed by atoms with Gasteiger partial charge in [-0.3, -0.25) is 14.4 Å². The Bertz CT molecular complexity index is 383. The summed E-state index contributed by atoms with van der Waals surface area (Å²) in [6.45, 7) is 3.64. The van der Waals surface area contributed by atoms with Gasteiger partial charge in [0, 0.05) is 26.1 Å². The van der Waals surface area contributed by atoms with Crippen molar-refractivity contribution < 1.29 is 19.1 Å². The molecule has 2 saturated heterocycles. The summed E-state index contributed by atoms with van der Waals surface area (Å²) in [6, 6.07) is 0. The molecule has 0 spiro atoms. The number of hydrogen-bond acceptors (Lipinski definition) is 4. The number of nitrogens with zero attached hydrogens (tertiary/aromatic N) is 1. The van der Waals surface area contributed by atoms with Crippen LogP contribution >= 0.6 is 0 Å². The van der Waals surface area contributed by atoms with Crippen LogP contribution in [0.2, 0.25) is 0 Å². The molecule has 0 radical (unpaired) electrons. The molecule has 6 nitrogen and oxygen atoms in total. The summed E-state index contributed by atoms with van der Waals surface area (Å²) in [5, 5.41) is 2.67. The lowest BCUT2D eigenvalue weighted by Gasteiger charge is -2.32. The summed E-state index contributed by atoms with van der Waals surface area (Å²) < 4.78 is 5.01. The number of hydrogen-bond donors (Lipinski definition) is 1. The molecule has 2 unspecified atom stereocenters. The van der Waals surface area contributed by atoms with Gasteiger partial charge in [0.25, 0.3) is 0 Å². The maximum Gasteiger partial charge on any atom is 0.310 e. The molecule has 0 aromatic carbocycles. The Morgan fingerprint density at radius 1 is 1.42 bits per heavy atom. The maximum atomic E-state index is 12.3. The van der Waals surface area contributed by atoms with E-state index >= 15 is 0 Å². The number of carbonyl (C=O) groups excluding carboxylic acids is 3. The average Bonchev–Trinajstić information content (AvgIpc) is 2.85. The van der Waals surface area contributed by atoms with Gasteiger partial charge in [-0.2, -0.15) is 0 Å². The average molecular weight is 268 g/mol. The van der Waals surface area contributed by atoms with Crippen LogP contribution in [0.25, 0.3) is 0 Å². The number of rotatable bonds is 3. The summed E-state index contributed by atoms with van der Waals surface area (Å²) >= 11 is 0. The van der Waals surface area contributed by atoms with E-state index in [-0.39, 0.29) is 36.0 Å². The van der Waals surface area contributed by atoms with Crippen LogP contribution in [0.4, 0.5) is 0 Å². The van der Waals surface area contributed by atoms with Crippen molar-refractivity contribution in [2.75, 3.05) is 26.2 Å². The Labute approximate surface area is 112 Å². The molecule has 0 bridgehead atoms. The van der Waals surface area contributed by atoms with Crippen molar-refractivity contribution in [1.82, 2.24) is 10.2 Å². The van der Waals surface area contributed by atoms with Crippen molar-refractivity contribution in [3.63, 3.8) is 0 Å². The van der Waals surface area contributed by atoms with Gasteiger partial charge in [0.05, 0.1) is 18.4 Å². The molecule has 2 heterocycles. The fourth-order valence-corrected chi connectivity index (χ4v) is 2.67. The maximum absolute atomic E-state index is 12.3. The molecule has 0 aliphatic carbocycles. The van der Waals surface area contributed by atoms with Gasteiger partial charge < -0.3 is 15.0 Å². The molecule has 2 aliphatic rings. The number of amides is 2. The predicted octanol–water partition coefficient (Wildman–Crippen LogP) is -0.0758. The van der Waals surface area contributed by atoms with Crippen molar-refractivity contribution in [3.8, 4) is 0 Å². The topological polar surface area (TPSA) is 75.7 Å². The molecule has 0 saturated carbocycles. The number of nitrogens with one attached hydrogen (secondary N) is 1. The fraction of sp³-hybridized carbons (Fsp3) is 0.769. The Morgan fingerprint density at radius 2 is 2.21 bits per heavy atom. The predicted molar refractivity (Wildman–Crippen MR) is 67.1 cm³/mol. The fourth-order valence-electron chi connectivity index (χ4n) is 2.67. The normalized spacial score (nSPS) is 27.0. The molecule has 2 rings (SSSR count). The molecular formula is C13H20N2O4.